The van der Waals surface area contributed by atoms with Gasteiger partial charge < -0.3 is 13.7 Å². The Morgan fingerprint density at radius 3 is 1.16 bits per heavy atom. The molecule has 0 aliphatic rings. The Morgan fingerprint density at radius 1 is 0.327 bits per heavy atom. The normalized spacial score (nSPS) is 11.6. The average Bonchev–Trinajstić information content (AvgIpc) is 3.79. The minimum Gasteiger partial charge on any atom is -0.309 e. The van der Waals surface area contributed by atoms with E-state index in [1.807, 2.05) is 42.5 Å². The Morgan fingerprint density at radius 2 is 0.694 bits per heavy atom. The highest BCUT2D eigenvalue weighted by Gasteiger charge is 2.22. The van der Waals surface area contributed by atoms with Gasteiger partial charge >= 0.3 is 0 Å². The maximum atomic E-state index is 10.6. The lowest BCUT2D eigenvalue weighted by molar-refractivity contribution is 1.12. The van der Waals surface area contributed by atoms with Gasteiger partial charge in [0.25, 0.3) is 0 Å². The van der Waals surface area contributed by atoms with Crippen LogP contribution in [0.1, 0.15) is 11.1 Å². The van der Waals surface area contributed by atoms with E-state index < -0.39 is 0 Å². The molecule has 0 N–H and O–H groups in total. The van der Waals surface area contributed by atoms with Crippen LogP contribution in [0.3, 0.4) is 0 Å². The molecule has 0 spiro atoms. The van der Waals surface area contributed by atoms with Gasteiger partial charge in [-0.25, -0.2) is 0 Å². The number of para-hydroxylation sites is 5. The SMILES string of the molecule is N#Cc1cc(C#N)c(-n2c3ccccc3c3cc4c(cc32)c2ccccc2n4-c2ccccc2)cc1-n1c2ccccc2c2ccccc21. The highest BCUT2D eigenvalue weighted by atomic mass is 15.0. The van der Waals surface area contributed by atoms with E-state index in [4.69, 9.17) is 0 Å². The van der Waals surface area contributed by atoms with Crippen molar-refractivity contribution in [2.24, 2.45) is 0 Å². The molecule has 0 saturated carbocycles. The third-order valence-corrected chi connectivity index (χ3v) is 9.90. The minimum atomic E-state index is 0.440. The monoisotopic (exact) mass is 623 g/mol. The maximum absolute atomic E-state index is 10.6. The van der Waals surface area contributed by atoms with Crippen molar-refractivity contribution in [3.63, 3.8) is 0 Å². The molecule has 5 nitrogen and oxygen atoms in total. The quantitative estimate of drug-likeness (QED) is 0.197. The van der Waals surface area contributed by atoms with Gasteiger partial charge in [0.15, 0.2) is 0 Å². The summed E-state index contributed by atoms with van der Waals surface area (Å²) < 4.78 is 6.70. The van der Waals surface area contributed by atoms with Crippen molar-refractivity contribution in [3.05, 3.63) is 163 Å². The van der Waals surface area contributed by atoms with Crippen LogP contribution in [0.2, 0.25) is 0 Å². The van der Waals surface area contributed by atoms with Crippen LogP contribution in [0.5, 0.6) is 0 Å². The Bertz CT molecular complexity index is 3020. The number of hydrogen-bond acceptors (Lipinski definition) is 2. The summed E-state index contributed by atoms with van der Waals surface area (Å²) in [5.74, 6) is 0. The molecule has 0 aliphatic heterocycles. The molecule has 7 aromatic carbocycles. The fourth-order valence-electron chi connectivity index (χ4n) is 7.85. The topological polar surface area (TPSA) is 62.4 Å². The van der Waals surface area contributed by atoms with Crippen LogP contribution in [-0.4, -0.2) is 13.7 Å². The molecule has 3 aromatic heterocycles. The third-order valence-electron chi connectivity index (χ3n) is 9.90. The van der Waals surface area contributed by atoms with Crippen LogP contribution in [0.4, 0.5) is 0 Å². The molecule has 49 heavy (non-hydrogen) atoms. The molecule has 0 amide bonds. The van der Waals surface area contributed by atoms with Crippen LogP contribution < -0.4 is 0 Å². The van der Waals surface area contributed by atoms with Crippen molar-refractivity contribution >= 4 is 65.4 Å². The number of nitrogens with zero attached hydrogens (tertiary/aromatic N) is 5. The van der Waals surface area contributed by atoms with E-state index in [0.717, 1.165) is 82.5 Å². The average molecular weight is 624 g/mol. The molecule has 0 atom stereocenters. The first-order chi connectivity index (χ1) is 24.2. The van der Waals surface area contributed by atoms with E-state index in [1.165, 1.54) is 0 Å². The molecule has 0 radical (unpaired) electrons. The fourth-order valence-corrected chi connectivity index (χ4v) is 7.85. The molecule has 0 saturated heterocycles. The van der Waals surface area contributed by atoms with Crippen LogP contribution in [-0.2, 0) is 0 Å². The molecule has 226 valence electrons. The van der Waals surface area contributed by atoms with E-state index in [1.54, 1.807) is 6.07 Å². The highest BCUT2D eigenvalue weighted by molar-refractivity contribution is 6.19. The lowest BCUT2D eigenvalue weighted by Gasteiger charge is -2.16. The van der Waals surface area contributed by atoms with E-state index >= 15 is 0 Å². The van der Waals surface area contributed by atoms with Crippen molar-refractivity contribution in [2.45, 2.75) is 0 Å². The van der Waals surface area contributed by atoms with Gasteiger partial charge in [0, 0.05) is 38.0 Å². The van der Waals surface area contributed by atoms with Gasteiger partial charge in [-0.05, 0) is 60.7 Å². The molecule has 0 fully saturated rings. The second-order valence-corrected chi connectivity index (χ2v) is 12.4. The van der Waals surface area contributed by atoms with Crippen LogP contribution in [0, 0.1) is 22.7 Å². The molecular formula is C44H25N5. The zero-order valence-electron chi connectivity index (χ0n) is 26.2. The first kappa shape index (κ1) is 27.1. The zero-order chi connectivity index (χ0) is 32.6. The predicted molar refractivity (Wildman–Crippen MR) is 199 cm³/mol. The predicted octanol–water partition coefficient (Wildman–Crippen LogP) is 10.7. The summed E-state index contributed by atoms with van der Waals surface area (Å²) in [6.07, 6.45) is 0. The van der Waals surface area contributed by atoms with Gasteiger partial charge in [-0.3, -0.25) is 0 Å². The summed E-state index contributed by atoms with van der Waals surface area (Å²) >= 11 is 0. The number of fused-ring (bicyclic) bond motifs is 9. The number of nitriles is 2. The molecule has 0 aliphatic carbocycles. The van der Waals surface area contributed by atoms with Gasteiger partial charge in [-0.1, -0.05) is 91.0 Å². The molecule has 10 aromatic rings. The van der Waals surface area contributed by atoms with E-state index in [2.05, 4.69) is 129 Å². The maximum Gasteiger partial charge on any atom is 0.101 e. The lowest BCUT2D eigenvalue weighted by Crippen LogP contribution is -2.04. The lowest BCUT2D eigenvalue weighted by atomic mass is 10.1. The van der Waals surface area contributed by atoms with Crippen molar-refractivity contribution in [1.29, 1.82) is 10.5 Å². The van der Waals surface area contributed by atoms with Crippen molar-refractivity contribution in [1.82, 2.24) is 13.7 Å². The minimum absolute atomic E-state index is 0.440. The van der Waals surface area contributed by atoms with Gasteiger partial charge in [0.05, 0.1) is 55.6 Å². The Kier molecular flexibility index (Phi) is 5.64. The number of rotatable bonds is 3. The summed E-state index contributed by atoms with van der Waals surface area (Å²) in [6, 6.07) is 57.1. The second-order valence-electron chi connectivity index (χ2n) is 12.4. The number of benzene rings is 7. The van der Waals surface area contributed by atoms with E-state index in [-0.39, 0.29) is 0 Å². The highest BCUT2D eigenvalue weighted by Crippen LogP contribution is 2.41. The summed E-state index contributed by atoms with van der Waals surface area (Å²) in [4.78, 5) is 0. The van der Waals surface area contributed by atoms with E-state index in [9.17, 15) is 10.5 Å². The summed E-state index contributed by atoms with van der Waals surface area (Å²) in [5.41, 5.74) is 9.72. The van der Waals surface area contributed by atoms with Crippen molar-refractivity contribution in [2.75, 3.05) is 0 Å². The summed E-state index contributed by atoms with van der Waals surface area (Å²) in [6.45, 7) is 0. The van der Waals surface area contributed by atoms with Gasteiger partial charge in [0.2, 0.25) is 0 Å². The van der Waals surface area contributed by atoms with E-state index in [0.29, 0.717) is 11.1 Å². The second kappa shape index (κ2) is 10.2. The Balaban J connectivity index is 1.35. The molecule has 0 bridgehead atoms. The Labute approximate surface area is 280 Å². The Hall–Kier alpha value is -7.08. The standard InChI is InChI=1S/C44H25N5/c45-26-28-22-29(27-46)42(25-41(28)48-38-19-9-4-14-31(38)32-15-5-10-20-39(32)48)49-40-21-11-7-17-34(40)36-23-43-35(24-44(36)49)33-16-6-8-18-37(33)47(43)30-12-2-1-3-13-30/h1-25H. The largest absolute Gasteiger partial charge is 0.309 e. The van der Waals surface area contributed by atoms with Crippen LogP contribution >= 0.6 is 0 Å². The number of aromatic nitrogens is 3. The fraction of sp³-hybridized carbons (Fsp3) is 0. The van der Waals surface area contributed by atoms with Crippen LogP contribution in [0.15, 0.2) is 152 Å². The first-order valence-corrected chi connectivity index (χ1v) is 16.2. The van der Waals surface area contributed by atoms with Gasteiger partial charge in [-0.15, -0.1) is 0 Å². The third kappa shape index (κ3) is 3.73. The molecule has 3 heterocycles. The molecule has 0 unspecified atom stereocenters. The van der Waals surface area contributed by atoms with Crippen molar-refractivity contribution in [3.8, 4) is 29.2 Å². The van der Waals surface area contributed by atoms with Gasteiger partial charge in [0.1, 0.15) is 12.1 Å². The number of hydrogen-bond donors (Lipinski definition) is 0. The first-order valence-electron chi connectivity index (χ1n) is 16.2. The van der Waals surface area contributed by atoms with Gasteiger partial charge in [-0.2, -0.15) is 10.5 Å². The molecule has 5 heteroatoms. The zero-order valence-corrected chi connectivity index (χ0v) is 26.2. The summed E-state index contributed by atoms with van der Waals surface area (Å²) in [7, 11) is 0. The summed E-state index contributed by atoms with van der Waals surface area (Å²) in [5, 5.41) is 27.8. The smallest absolute Gasteiger partial charge is 0.101 e. The molecule has 10 rings (SSSR count). The van der Waals surface area contributed by atoms with Crippen molar-refractivity contribution < 1.29 is 0 Å². The molecular weight excluding hydrogens is 599 g/mol. The van der Waals surface area contributed by atoms with Crippen LogP contribution in [0.25, 0.3) is 82.5 Å².